The van der Waals surface area contributed by atoms with Crippen LogP contribution in [0, 0.1) is 5.92 Å². The van der Waals surface area contributed by atoms with Crippen LogP contribution in [0.5, 0.6) is 5.75 Å². The number of likely N-dealkylation sites (tertiary alicyclic amines) is 1. The molecule has 4 rings (SSSR count). The number of hydrogen-bond acceptors (Lipinski definition) is 5. The molecule has 1 saturated heterocycles. The van der Waals surface area contributed by atoms with Gasteiger partial charge in [0.25, 0.3) is 5.56 Å². The minimum atomic E-state index is -0.0828. The van der Waals surface area contributed by atoms with Gasteiger partial charge < -0.3 is 19.5 Å². The van der Waals surface area contributed by atoms with Crippen molar-refractivity contribution in [3.8, 4) is 5.75 Å². The fourth-order valence-electron chi connectivity index (χ4n) is 4.26. The van der Waals surface area contributed by atoms with Crippen molar-refractivity contribution in [3.63, 3.8) is 0 Å². The van der Waals surface area contributed by atoms with Crippen molar-refractivity contribution in [1.29, 1.82) is 0 Å². The summed E-state index contributed by atoms with van der Waals surface area (Å²) in [4.78, 5) is 26.7. The Morgan fingerprint density at radius 1 is 1.20 bits per heavy atom. The third-order valence-corrected chi connectivity index (χ3v) is 7.04. The molecule has 2 aliphatic rings. The summed E-state index contributed by atoms with van der Waals surface area (Å²) in [5.41, 5.74) is 1.92. The van der Waals surface area contributed by atoms with Gasteiger partial charge >= 0.3 is 0 Å². The van der Waals surface area contributed by atoms with E-state index in [0.29, 0.717) is 18.4 Å². The first kappa shape index (κ1) is 20.9. The van der Waals surface area contributed by atoms with Gasteiger partial charge in [0.05, 0.1) is 12.4 Å². The molecule has 3 heterocycles. The summed E-state index contributed by atoms with van der Waals surface area (Å²) < 4.78 is 8.08. The molecule has 6 nitrogen and oxygen atoms in total. The fraction of sp³-hybridized carbons (Fsp3) is 0.409. The van der Waals surface area contributed by atoms with Gasteiger partial charge in [0.15, 0.2) is 0 Å². The Balaban J connectivity index is 1.30. The number of thioether (sulfide) groups is 1. The second kappa shape index (κ2) is 9.22. The molecule has 2 atom stereocenters. The van der Waals surface area contributed by atoms with Crippen LogP contribution < -0.4 is 15.6 Å². The maximum absolute atomic E-state index is 12.3. The lowest BCUT2D eigenvalue weighted by Crippen LogP contribution is -2.48. The molecule has 158 valence electrons. The van der Waals surface area contributed by atoms with Crippen LogP contribution in [0.4, 0.5) is 5.69 Å². The molecule has 30 heavy (non-hydrogen) atoms. The normalized spacial score (nSPS) is 19.7. The maximum atomic E-state index is 12.3. The number of pyridine rings is 1. The predicted octanol–water partition coefficient (Wildman–Crippen LogP) is 3.32. The quantitative estimate of drug-likeness (QED) is 0.716. The first-order valence-corrected chi connectivity index (χ1v) is 11.6. The number of carbonyl (C=O) groups is 1. The van der Waals surface area contributed by atoms with Crippen molar-refractivity contribution in [2.24, 2.45) is 5.92 Å². The van der Waals surface area contributed by atoms with Crippen molar-refractivity contribution in [3.05, 3.63) is 58.5 Å². The Labute approximate surface area is 185 Å². The molecule has 2 bridgehead atoms. The zero-order chi connectivity index (χ0) is 21.1. The van der Waals surface area contributed by atoms with E-state index in [1.54, 1.807) is 6.07 Å². The molecule has 0 saturated carbocycles. The number of nitrogens with zero attached hydrogens (tertiary/aromatic N) is 2. The molecule has 2 unspecified atom stereocenters. The van der Waals surface area contributed by atoms with Crippen molar-refractivity contribution in [2.45, 2.75) is 25.8 Å². The summed E-state index contributed by atoms with van der Waals surface area (Å²) in [7, 11) is 0. The zero-order valence-electron chi connectivity index (χ0n) is 16.9. The summed E-state index contributed by atoms with van der Waals surface area (Å²) in [5.74, 6) is 1.69. The number of fused-ring (bicyclic) bond motifs is 4. The topological polar surface area (TPSA) is 63.6 Å². The number of nitrogens with one attached hydrogen (secondary N) is 1. The van der Waals surface area contributed by atoms with Crippen LogP contribution in [-0.2, 0) is 11.3 Å². The van der Waals surface area contributed by atoms with Gasteiger partial charge in [-0.2, -0.15) is 0 Å². The van der Waals surface area contributed by atoms with E-state index in [0.717, 1.165) is 47.5 Å². The van der Waals surface area contributed by atoms with Crippen LogP contribution >= 0.6 is 24.0 Å². The highest BCUT2D eigenvalue weighted by Gasteiger charge is 2.35. The van der Waals surface area contributed by atoms with E-state index >= 15 is 0 Å². The van der Waals surface area contributed by atoms with E-state index in [2.05, 4.69) is 10.2 Å². The lowest BCUT2D eigenvalue weighted by Gasteiger charge is -2.43. The van der Waals surface area contributed by atoms with E-state index < -0.39 is 0 Å². The Hall–Kier alpha value is -2.32. The van der Waals surface area contributed by atoms with Gasteiger partial charge in [-0.1, -0.05) is 30.0 Å². The highest BCUT2D eigenvalue weighted by Crippen LogP contribution is 2.36. The van der Waals surface area contributed by atoms with E-state index in [1.165, 1.54) is 11.8 Å². The number of hydrogen-bond donors (Lipinski definition) is 1. The van der Waals surface area contributed by atoms with Gasteiger partial charge in [-0.15, -0.1) is 0 Å². The van der Waals surface area contributed by atoms with Crippen LogP contribution in [-0.4, -0.2) is 45.1 Å². The molecule has 0 aliphatic carbocycles. The average Bonchev–Trinajstić information content (AvgIpc) is 2.74. The van der Waals surface area contributed by atoms with Gasteiger partial charge in [-0.25, -0.2) is 0 Å². The predicted molar refractivity (Wildman–Crippen MR) is 124 cm³/mol. The smallest absolute Gasteiger partial charge is 0.250 e. The summed E-state index contributed by atoms with van der Waals surface area (Å²) in [6.45, 7) is 4.92. The van der Waals surface area contributed by atoms with Crippen LogP contribution in [0.25, 0.3) is 0 Å². The van der Waals surface area contributed by atoms with E-state index in [-0.39, 0.29) is 17.2 Å². The second-order valence-corrected chi connectivity index (χ2v) is 9.27. The highest BCUT2D eigenvalue weighted by atomic mass is 32.2. The first-order valence-electron chi connectivity index (χ1n) is 10.2. The van der Waals surface area contributed by atoms with E-state index in [4.69, 9.17) is 17.0 Å². The summed E-state index contributed by atoms with van der Waals surface area (Å²) in [6, 6.07) is 12.9. The van der Waals surface area contributed by atoms with Gasteiger partial charge in [-0.3, -0.25) is 9.59 Å². The fourth-order valence-corrected chi connectivity index (χ4v) is 5.25. The van der Waals surface area contributed by atoms with Crippen LogP contribution in [0.1, 0.15) is 25.0 Å². The highest BCUT2D eigenvalue weighted by molar-refractivity contribution is 8.23. The molecule has 2 aromatic rings. The number of anilines is 1. The van der Waals surface area contributed by atoms with Crippen molar-refractivity contribution >= 4 is 39.9 Å². The number of carbonyl (C=O) groups excluding carboxylic acids is 1. The molecule has 8 heteroatoms. The lowest BCUT2D eigenvalue weighted by atomic mass is 9.83. The summed E-state index contributed by atoms with van der Waals surface area (Å²) in [6.07, 6.45) is 1.09. The summed E-state index contributed by atoms with van der Waals surface area (Å²) in [5, 5.41) is 2.90. The molecule has 1 aromatic heterocycles. The number of amides is 1. The molecule has 2 aliphatic heterocycles. The minimum Gasteiger partial charge on any atom is -0.494 e. The Morgan fingerprint density at radius 3 is 2.77 bits per heavy atom. The van der Waals surface area contributed by atoms with Crippen molar-refractivity contribution in [2.75, 3.05) is 30.8 Å². The van der Waals surface area contributed by atoms with Gasteiger partial charge in [0.2, 0.25) is 5.91 Å². The average molecular weight is 444 g/mol. The number of benzene rings is 1. The molecule has 1 amide bonds. The van der Waals surface area contributed by atoms with Crippen LogP contribution in [0.3, 0.4) is 0 Å². The third-order valence-electron chi connectivity index (χ3n) is 5.51. The number of aromatic nitrogens is 1. The Bertz CT molecular complexity index is 990. The number of thiocarbonyl (C=S) groups is 1. The number of rotatable bonds is 5. The molecule has 1 aromatic carbocycles. The monoisotopic (exact) mass is 443 g/mol. The van der Waals surface area contributed by atoms with Gasteiger partial charge in [0.1, 0.15) is 10.1 Å². The van der Waals surface area contributed by atoms with Crippen LogP contribution in [0.15, 0.2) is 47.3 Å². The van der Waals surface area contributed by atoms with Crippen LogP contribution in [0.2, 0.25) is 0 Å². The molecular formula is C22H25N3O3S2. The molecule has 1 fully saturated rings. The largest absolute Gasteiger partial charge is 0.494 e. The second-order valence-electron chi connectivity index (χ2n) is 7.66. The Morgan fingerprint density at radius 2 is 2.00 bits per heavy atom. The zero-order valence-corrected chi connectivity index (χ0v) is 18.5. The molecule has 0 spiro atoms. The van der Waals surface area contributed by atoms with E-state index in [9.17, 15) is 9.59 Å². The van der Waals surface area contributed by atoms with Crippen molar-refractivity contribution in [1.82, 2.24) is 9.47 Å². The molecule has 1 N–H and O–H groups in total. The Kier molecular flexibility index (Phi) is 6.43. The standard InChI is InChI=1S/C22H25N3O3S2/c1-2-28-18-8-6-17(7-9-18)23-20(26)14-30-22(29)24-11-15-10-16(13-24)19-4-3-5-21(27)25(19)12-15/h3-9,15-16H,2,10-14H2,1H3,(H,23,26). The SMILES string of the molecule is CCOc1ccc(NC(=O)CSC(=S)N2CC3CC(C2)c2cccc(=O)n2C3)cc1. The maximum Gasteiger partial charge on any atom is 0.250 e. The minimum absolute atomic E-state index is 0.0820. The molecule has 0 radical (unpaired) electrons. The molecular weight excluding hydrogens is 418 g/mol. The number of piperidine rings is 1. The van der Waals surface area contributed by atoms with Gasteiger partial charge in [0, 0.05) is 43.0 Å². The first-order chi connectivity index (χ1) is 14.5. The summed E-state index contributed by atoms with van der Waals surface area (Å²) >= 11 is 7.03. The van der Waals surface area contributed by atoms with Gasteiger partial charge in [-0.05, 0) is 49.6 Å². The van der Waals surface area contributed by atoms with E-state index in [1.807, 2.05) is 47.9 Å². The lowest BCUT2D eigenvalue weighted by molar-refractivity contribution is -0.113. The van der Waals surface area contributed by atoms with Crippen molar-refractivity contribution < 1.29 is 9.53 Å². The number of ether oxygens (including phenoxy) is 1. The third kappa shape index (κ3) is 4.70.